The Hall–Kier alpha value is -1.33. The molecule has 0 spiro atoms. The summed E-state index contributed by atoms with van der Waals surface area (Å²) in [5.41, 5.74) is 5.86. The van der Waals surface area contributed by atoms with E-state index in [0.717, 1.165) is 44.5 Å². The predicted molar refractivity (Wildman–Crippen MR) is 78.3 cm³/mol. The molecule has 5 heteroatoms. The van der Waals surface area contributed by atoms with Gasteiger partial charge in [-0.15, -0.1) is 0 Å². The number of carbonyl (C=O) groups is 1. The van der Waals surface area contributed by atoms with Crippen LogP contribution in [0.15, 0.2) is 22.8 Å². The Morgan fingerprint density at radius 1 is 1.55 bits per heavy atom. The Balaban J connectivity index is 1.63. The first kappa shape index (κ1) is 15.1. The first-order valence-electron chi connectivity index (χ1n) is 7.43. The summed E-state index contributed by atoms with van der Waals surface area (Å²) in [6.07, 6.45) is 5.40. The molecule has 1 saturated heterocycles. The number of hydrogen-bond acceptors (Lipinski definition) is 4. The zero-order valence-electron chi connectivity index (χ0n) is 12.2. The van der Waals surface area contributed by atoms with Crippen LogP contribution in [0, 0.1) is 0 Å². The standard InChI is InChI=1S/C15H25N3O2/c1-12(4-5-14-3-2-10-20-14)17-15(19)11-18-8-6-13(16)7-9-18/h2-3,10,12-13H,4-9,11,16H2,1H3,(H,17,19). The molecule has 2 rings (SSSR count). The largest absolute Gasteiger partial charge is 0.469 e. The van der Waals surface area contributed by atoms with E-state index in [1.165, 1.54) is 0 Å². The van der Waals surface area contributed by atoms with Crippen molar-refractivity contribution in [3.63, 3.8) is 0 Å². The van der Waals surface area contributed by atoms with Gasteiger partial charge in [-0.25, -0.2) is 0 Å². The molecule has 2 heterocycles. The first-order chi connectivity index (χ1) is 9.63. The van der Waals surface area contributed by atoms with E-state index in [4.69, 9.17) is 10.2 Å². The number of nitrogens with two attached hydrogens (primary N) is 1. The number of amides is 1. The fraction of sp³-hybridized carbons (Fsp3) is 0.667. The van der Waals surface area contributed by atoms with Gasteiger partial charge in [0.05, 0.1) is 12.8 Å². The molecule has 5 nitrogen and oxygen atoms in total. The molecule has 20 heavy (non-hydrogen) atoms. The lowest BCUT2D eigenvalue weighted by Crippen LogP contribution is -2.46. The normalized spacial score (nSPS) is 18.9. The van der Waals surface area contributed by atoms with Crippen LogP contribution in [0.25, 0.3) is 0 Å². The molecule has 112 valence electrons. The monoisotopic (exact) mass is 279 g/mol. The number of nitrogens with one attached hydrogen (secondary N) is 1. The first-order valence-corrected chi connectivity index (χ1v) is 7.43. The van der Waals surface area contributed by atoms with Gasteiger partial charge in [0.2, 0.25) is 5.91 Å². The van der Waals surface area contributed by atoms with Crippen molar-refractivity contribution in [2.75, 3.05) is 19.6 Å². The molecule has 1 fully saturated rings. The van der Waals surface area contributed by atoms with E-state index in [9.17, 15) is 4.79 Å². The van der Waals surface area contributed by atoms with E-state index >= 15 is 0 Å². The van der Waals surface area contributed by atoms with E-state index in [1.807, 2.05) is 19.1 Å². The summed E-state index contributed by atoms with van der Waals surface area (Å²) in [4.78, 5) is 14.1. The van der Waals surface area contributed by atoms with Gasteiger partial charge in [-0.2, -0.15) is 0 Å². The summed E-state index contributed by atoms with van der Waals surface area (Å²) in [5.74, 6) is 1.07. The topological polar surface area (TPSA) is 71.5 Å². The van der Waals surface area contributed by atoms with Crippen LogP contribution in [-0.4, -0.2) is 42.5 Å². The van der Waals surface area contributed by atoms with Crippen molar-refractivity contribution in [2.45, 2.75) is 44.7 Å². The van der Waals surface area contributed by atoms with E-state index in [1.54, 1.807) is 6.26 Å². The highest BCUT2D eigenvalue weighted by atomic mass is 16.3. The summed E-state index contributed by atoms with van der Waals surface area (Å²) in [5, 5.41) is 3.05. The van der Waals surface area contributed by atoms with Crippen molar-refractivity contribution in [3.8, 4) is 0 Å². The number of piperidine rings is 1. The van der Waals surface area contributed by atoms with Crippen molar-refractivity contribution < 1.29 is 9.21 Å². The number of nitrogens with zero attached hydrogens (tertiary/aromatic N) is 1. The van der Waals surface area contributed by atoms with Crippen LogP contribution in [0.4, 0.5) is 0 Å². The van der Waals surface area contributed by atoms with Gasteiger partial charge in [0, 0.05) is 31.6 Å². The van der Waals surface area contributed by atoms with Crippen molar-refractivity contribution in [1.82, 2.24) is 10.2 Å². The molecule has 0 saturated carbocycles. The van der Waals surface area contributed by atoms with Crippen LogP contribution < -0.4 is 11.1 Å². The van der Waals surface area contributed by atoms with Crippen molar-refractivity contribution in [3.05, 3.63) is 24.2 Å². The minimum absolute atomic E-state index is 0.104. The third-order valence-electron chi connectivity index (χ3n) is 3.81. The minimum atomic E-state index is 0.104. The maximum Gasteiger partial charge on any atom is 0.234 e. The molecule has 0 aliphatic carbocycles. The van der Waals surface area contributed by atoms with Crippen LogP contribution in [0.2, 0.25) is 0 Å². The van der Waals surface area contributed by atoms with Gasteiger partial charge in [0.1, 0.15) is 5.76 Å². The second-order valence-electron chi connectivity index (χ2n) is 5.70. The molecule has 1 atom stereocenters. The average Bonchev–Trinajstić information content (AvgIpc) is 2.92. The van der Waals surface area contributed by atoms with Gasteiger partial charge in [-0.05, 0) is 38.3 Å². The highest BCUT2D eigenvalue weighted by Crippen LogP contribution is 2.08. The predicted octanol–water partition coefficient (Wildman–Crippen LogP) is 1.14. The Morgan fingerprint density at radius 2 is 2.30 bits per heavy atom. The maximum absolute atomic E-state index is 12.0. The lowest BCUT2D eigenvalue weighted by Gasteiger charge is -2.29. The Kier molecular flexibility index (Phi) is 5.61. The van der Waals surface area contributed by atoms with Gasteiger partial charge >= 0.3 is 0 Å². The minimum Gasteiger partial charge on any atom is -0.469 e. The number of likely N-dealkylation sites (tertiary alicyclic amines) is 1. The number of rotatable bonds is 6. The molecule has 1 aromatic heterocycles. The number of aryl methyl sites for hydroxylation is 1. The Labute approximate surface area is 120 Å². The van der Waals surface area contributed by atoms with E-state index < -0.39 is 0 Å². The lowest BCUT2D eigenvalue weighted by atomic mass is 10.1. The lowest BCUT2D eigenvalue weighted by molar-refractivity contribution is -0.123. The smallest absolute Gasteiger partial charge is 0.234 e. The van der Waals surface area contributed by atoms with E-state index in [2.05, 4.69) is 10.2 Å². The molecular weight excluding hydrogens is 254 g/mol. The zero-order valence-corrected chi connectivity index (χ0v) is 12.2. The number of furan rings is 1. The molecule has 1 aliphatic rings. The highest BCUT2D eigenvalue weighted by Gasteiger charge is 2.18. The van der Waals surface area contributed by atoms with E-state index in [-0.39, 0.29) is 11.9 Å². The molecule has 0 radical (unpaired) electrons. The molecule has 1 unspecified atom stereocenters. The van der Waals surface area contributed by atoms with Crippen molar-refractivity contribution >= 4 is 5.91 Å². The number of hydrogen-bond donors (Lipinski definition) is 2. The summed E-state index contributed by atoms with van der Waals surface area (Å²) in [6.45, 7) is 4.37. The Bertz CT molecular complexity index is 397. The fourth-order valence-corrected chi connectivity index (χ4v) is 2.52. The van der Waals surface area contributed by atoms with Gasteiger partial charge in [0.15, 0.2) is 0 Å². The second kappa shape index (κ2) is 7.45. The third-order valence-corrected chi connectivity index (χ3v) is 3.81. The zero-order chi connectivity index (χ0) is 14.4. The summed E-state index contributed by atoms with van der Waals surface area (Å²) in [7, 11) is 0. The maximum atomic E-state index is 12.0. The van der Waals surface area contributed by atoms with Crippen LogP contribution >= 0.6 is 0 Å². The van der Waals surface area contributed by atoms with Gasteiger partial charge in [-0.3, -0.25) is 9.69 Å². The SMILES string of the molecule is CC(CCc1ccco1)NC(=O)CN1CCC(N)CC1. The molecule has 0 bridgehead atoms. The third kappa shape index (κ3) is 4.98. The quantitative estimate of drug-likeness (QED) is 0.819. The molecule has 1 aliphatic heterocycles. The van der Waals surface area contributed by atoms with Crippen LogP contribution in [-0.2, 0) is 11.2 Å². The second-order valence-corrected chi connectivity index (χ2v) is 5.70. The molecule has 3 N–H and O–H groups in total. The molecule has 1 aromatic rings. The summed E-state index contributed by atoms with van der Waals surface area (Å²) >= 11 is 0. The molecule has 0 aromatic carbocycles. The van der Waals surface area contributed by atoms with Crippen LogP contribution in [0.3, 0.4) is 0 Å². The molecule has 1 amide bonds. The van der Waals surface area contributed by atoms with Crippen LogP contribution in [0.1, 0.15) is 31.9 Å². The van der Waals surface area contributed by atoms with Crippen LogP contribution in [0.5, 0.6) is 0 Å². The highest BCUT2D eigenvalue weighted by molar-refractivity contribution is 5.78. The molecular formula is C15H25N3O2. The van der Waals surface area contributed by atoms with Crippen molar-refractivity contribution in [1.29, 1.82) is 0 Å². The van der Waals surface area contributed by atoms with Gasteiger partial charge in [0.25, 0.3) is 0 Å². The van der Waals surface area contributed by atoms with Gasteiger partial charge < -0.3 is 15.5 Å². The number of carbonyl (C=O) groups excluding carboxylic acids is 1. The summed E-state index contributed by atoms with van der Waals surface area (Å²) in [6, 6.07) is 4.33. The average molecular weight is 279 g/mol. The van der Waals surface area contributed by atoms with Crippen molar-refractivity contribution in [2.24, 2.45) is 5.73 Å². The Morgan fingerprint density at radius 3 is 2.95 bits per heavy atom. The summed E-state index contributed by atoms with van der Waals surface area (Å²) < 4.78 is 5.29. The van der Waals surface area contributed by atoms with E-state index in [0.29, 0.717) is 12.6 Å². The van der Waals surface area contributed by atoms with Gasteiger partial charge in [-0.1, -0.05) is 0 Å². The fourth-order valence-electron chi connectivity index (χ4n) is 2.52.